The zero-order valence-corrected chi connectivity index (χ0v) is 14.9. The van der Waals surface area contributed by atoms with E-state index >= 15 is 0 Å². The summed E-state index contributed by atoms with van der Waals surface area (Å²) < 4.78 is 5.52. The van der Waals surface area contributed by atoms with Gasteiger partial charge in [-0.1, -0.05) is 72.8 Å². The predicted molar refractivity (Wildman–Crippen MR) is 107 cm³/mol. The van der Waals surface area contributed by atoms with Crippen molar-refractivity contribution in [2.75, 3.05) is 0 Å². The molecule has 0 aliphatic heterocycles. The van der Waals surface area contributed by atoms with E-state index in [2.05, 4.69) is 36.4 Å². The number of esters is 1. The van der Waals surface area contributed by atoms with Crippen LogP contribution >= 0.6 is 0 Å². The molecule has 4 rings (SSSR count). The highest BCUT2D eigenvalue weighted by atomic mass is 16.5. The highest BCUT2D eigenvalue weighted by molar-refractivity contribution is 6.12. The number of carbonyl (C=O) groups excluding carboxylic acids is 1. The fraction of sp³-hybridized carbons (Fsp3) is 0.125. The van der Waals surface area contributed by atoms with E-state index in [4.69, 9.17) is 4.74 Å². The number of fused-ring (bicyclic) bond motifs is 2. The van der Waals surface area contributed by atoms with Gasteiger partial charge in [0.1, 0.15) is 0 Å². The largest absolute Gasteiger partial charge is 0.459 e. The van der Waals surface area contributed by atoms with Crippen molar-refractivity contribution >= 4 is 27.5 Å². The third kappa shape index (κ3) is 2.84. The molecule has 2 heteroatoms. The second-order valence-corrected chi connectivity index (χ2v) is 6.69. The first kappa shape index (κ1) is 16.3. The average Bonchev–Trinajstić information content (AvgIpc) is 2.66. The molecule has 0 amide bonds. The molecule has 0 aromatic heterocycles. The molecule has 26 heavy (non-hydrogen) atoms. The third-order valence-electron chi connectivity index (χ3n) is 4.55. The van der Waals surface area contributed by atoms with Crippen LogP contribution in [0.3, 0.4) is 0 Å². The molecule has 0 bridgehead atoms. The first-order valence-corrected chi connectivity index (χ1v) is 8.86. The topological polar surface area (TPSA) is 26.3 Å². The molecular weight excluding hydrogens is 320 g/mol. The van der Waals surface area contributed by atoms with Crippen LogP contribution in [0, 0.1) is 0 Å². The summed E-state index contributed by atoms with van der Waals surface area (Å²) in [5.41, 5.74) is 2.59. The fourth-order valence-electron chi connectivity index (χ4n) is 3.45. The lowest BCUT2D eigenvalue weighted by atomic mass is 9.90. The Labute approximate surface area is 153 Å². The Hall–Kier alpha value is -3.13. The summed E-state index contributed by atoms with van der Waals surface area (Å²) in [7, 11) is 0. The molecule has 2 nitrogen and oxygen atoms in total. The molecular formula is C24H20O2. The van der Waals surface area contributed by atoms with Gasteiger partial charge < -0.3 is 4.74 Å². The van der Waals surface area contributed by atoms with Gasteiger partial charge in [-0.15, -0.1) is 0 Å². The van der Waals surface area contributed by atoms with Gasteiger partial charge in [-0.25, -0.2) is 4.79 Å². The molecule has 0 N–H and O–H groups in total. The second-order valence-electron chi connectivity index (χ2n) is 6.69. The van der Waals surface area contributed by atoms with Crippen LogP contribution < -0.4 is 0 Å². The number of benzene rings is 4. The SMILES string of the molecule is CC(C)OC(=O)c1ccc2ccccc2c1-c1cccc2ccccc12. The summed E-state index contributed by atoms with van der Waals surface area (Å²) >= 11 is 0. The van der Waals surface area contributed by atoms with Crippen LogP contribution in [0.5, 0.6) is 0 Å². The Morgan fingerprint density at radius 3 is 2.08 bits per heavy atom. The van der Waals surface area contributed by atoms with Crippen LogP contribution in [0.1, 0.15) is 24.2 Å². The molecule has 0 spiro atoms. The lowest BCUT2D eigenvalue weighted by Gasteiger charge is -2.16. The van der Waals surface area contributed by atoms with Gasteiger partial charge in [-0.2, -0.15) is 0 Å². The first-order valence-electron chi connectivity index (χ1n) is 8.86. The Morgan fingerprint density at radius 1 is 0.731 bits per heavy atom. The first-order chi connectivity index (χ1) is 12.6. The Bertz CT molecular complexity index is 1100. The molecule has 0 fully saturated rings. The van der Waals surface area contributed by atoms with Crippen molar-refractivity contribution in [1.82, 2.24) is 0 Å². The van der Waals surface area contributed by atoms with Gasteiger partial charge >= 0.3 is 5.97 Å². The second kappa shape index (κ2) is 6.64. The van der Waals surface area contributed by atoms with Crippen LogP contribution in [0.15, 0.2) is 78.9 Å². The summed E-state index contributed by atoms with van der Waals surface area (Å²) in [6, 6.07) is 26.5. The Kier molecular flexibility index (Phi) is 4.18. The van der Waals surface area contributed by atoms with Crippen molar-refractivity contribution in [3.05, 3.63) is 84.4 Å². The predicted octanol–water partition coefficient (Wildman–Crippen LogP) is 6.23. The maximum atomic E-state index is 12.8. The summed E-state index contributed by atoms with van der Waals surface area (Å²) in [5.74, 6) is -0.284. The van der Waals surface area contributed by atoms with Crippen molar-refractivity contribution in [2.24, 2.45) is 0 Å². The normalized spacial score (nSPS) is 11.2. The smallest absolute Gasteiger partial charge is 0.339 e. The van der Waals surface area contributed by atoms with E-state index in [0.717, 1.165) is 32.7 Å². The van der Waals surface area contributed by atoms with E-state index in [9.17, 15) is 4.79 Å². The van der Waals surface area contributed by atoms with Gasteiger partial charge in [0.25, 0.3) is 0 Å². The molecule has 0 heterocycles. The molecule has 0 aliphatic rings. The van der Waals surface area contributed by atoms with Gasteiger partial charge in [0, 0.05) is 5.56 Å². The highest BCUT2D eigenvalue weighted by Gasteiger charge is 2.19. The highest BCUT2D eigenvalue weighted by Crippen LogP contribution is 2.37. The Balaban J connectivity index is 2.07. The number of hydrogen-bond acceptors (Lipinski definition) is 2. The summed E-state index contributed by atoms with van der Waals surface area (Å²) in [6.07, 6.45) is -0.158. The van der Waals surface area contributed by atoms with Crippen LogP contribution in [0.25, 0.3) is 32.7 Å². The fourth-order valence-corrected chi connectivity index (χ4v) is 3.45. The molecule has 128 valence electrons. The van der Waals surface area contributed by atoms with E-state index in [0.29, 0.717) is 5.56 Å². The van der Waals surface area contributed by atoms with E-state index in [1.54, 1.807) is 0 Å². The minimum absolute atomic E-state index is 0.158. The van der Waals surface area contributed by atoms with Crippen LogP contribution in [0.2, 0.25) is 0 Å². The van der Waals surface area contributed by atoms with Crippen LogP contribution in [-0.2, 0) is 4.74 Å². The number of ether oxygens (including phenoxy) is 1. The van der Waals surface area contributed by atoms with Crippen molar-refractivity contribution in [3.63, 3.8) is 0 Å². The van der Waals surface area contributed by atoms with Gasteiger partial charge in [0.2, 0.25) is 0 Å². The lowest BCUT2D eigenvalue weighted by Crippen LogP contribution is -2.12. The molecule has 0 atom stereocenters. The van der Waals surface area contributed by atoms with Gasteiger partial charge in [0.15, 0.2) is 0 Å². The number of rotatable bonds is 3. The monoisotopic (exact) mass is 340 g/mol. The maximum Gasteiger partial charge on any atom is 0.339 e. The minimum atomic E-state index is -0.284. The molecule has 0 radical (unpaired) electrons. The van der Waals surface area contributed by atoms with E-state index in [-0.39, 0.29) is 12.1 Å². The molecule has 0 saturated heterocycles. The zero-order chi connectivity index (χ0) is 18.1. The Morgan fingerprint density at radius 2 is 1.35 bits per heavy atom. The van der Waals surface area contributed by atoms with Gasteiger partial charge in [-0.3, -0.25) is 0 Å². The van der Waals surface area contributed by atoms with Crippen LogP contribution in [-0.4, -0.2) is 12.1 Å². The van der Waals surface area contributed by atoms with Crippen LogP contribution in [0.4, 0.5) is 0 Å². The van der Waals surface area contributed by atoms with E-state index in [1.807, 2.05) is 56.3 Å². The van der Waals surface area contributed by atoms with E-state index < -0.39 is 0 Å². The standard InChI is InChI=1S/C24H20O2/c1-16(2)26-24(25)22-15-14-18-9-4-6-12-20(18)23(22)21-13-7-10-17-8-3-5-11-19(17)21/h3-16H,1-2H3. The molecule has 4 aromatic carbocycles. The molecule has 0 saturated carbocycles. The van der Waals surface area contributed by atoms with Gasteiger partial charge in [0.05, 0.1) is 11.7 Å². The quantitative estimate of drug-likeness (QED) is 0.414. The maximum absolute atomic E-state index is 12.8. The zero-order valence-electron chi connectivity index (χ0n) is 14.9. The summed E-state index contributed by atoms with van der Waals surface area (Å²) in [4.78, 5) is 12.8. The average molecular weight is 340 g/mol. The summed E-state index contributed by atoms with van der Waals surface area (Å²) in [5, 5.41) is 4.45. The van der Waals surface area contributed by atoms with Crippen molar-refractivity contribution in [2.45, 2.75) is 20.0 Å². The van der Waals surface area contributed by atoms with Crippen molar-refractivity contribution < 1.29 is 9.53 Å². The van der Waals surface area contributed by atoms with Crippen molar-refractivity contribution in [3.8, 4) is 11.1 Å². The lowest BCUT2D eigenvalue weighted by molar-refractivity contribution is 0.0379. The molecule has 4 aromatic rings. The molecule has 0 aliphatic carbocycles. The minimum Gasteiger partial charge on any atom is -0.459 e. The molecule has 0 unspecified atom stereocenters. The third-order valence-corrected chi connectivity index (χ3v) is 4.55. The van der Waals surface area contributed by atoms with Crippen molar-refractivity contribution in [1.29, 1.82) is 0 Å². The van der Waals surface area contributed by atoms with E-state index in [1.165, 1.54) is 0 Å². The number of carbonyl (C=O) groups is 1. The summed E-state index contributed by atoms with van der Waals surface area (Å²) in [6.45, 7) is 3.74. The van der Waals surface area contributed by atoms with Gasteiger partial charge in [-0.05, 0) is 47.0 Å². The number of hydrogen-bond donors (Lipinski definition) is 0.